The van der Waals surface area contributed by atoms with Crippen molar-refractivity contribution in [3.8, 4) is 0 Å². The Kier molecular flexibility index (Phi) is 7.52. The number of benzene rings is 1. The molecule has 0 saturated heterocycles. The molecule has 0 spiro atoms. The van der Waals surface area contributed by atoms with E-state index in [4.69, 9.17) is 8.92 Å². The number of ketones is 1. The molecular formula is C30H42O7S. The maximum absolute atomic E-state index is 13.6. The highest BCUT2D eigenvalue weighted by Gasteiger charge is 2.69. The van der Waals surface area contributed by atoms with Crippen molar-refractivity contribution >= 4 is 21.9 Å². The van der Waals surface area contributed by atoms with Crippen molar-refractivity contribution in [2.45, 2.75) is 84.3 Å². The highest BCUT2D eigenvalue weighted by molar-refractivity contribution is 7.86. The number of ether oxygens (including phenoxy) is 1. The average Bonchev–Trinajstić information content (AvgIpc) is 3.14. The molecule has 3 aliphatic carbocycles. The SMILES string of the molecule is C=C[C@]1(C)C[C@@H](OC(=O)COS(=O)(=O)c2ccc(C)cc2)[C@]2(C)[C@H](C)CC[C@]3(C[C@H](O)C(=O)[C@H]32)[C@@H](C)[C@@H]1C. The third-order valence-electron chi connectivity index (χ3n) is 10.9. The molecule has 38 heavy (non-hydrogen) atoms. The average molecular weight is 547 g/mol. The second kappa shape index (κ2) is 9.86. The number of aryl methyl sites for hydroxylation is 1. The minimum Gasteiger partial charge on any atom is -0.460 e. The van der Waals surface area contributed by atoms with Gasteiger partial charge in [0.15, 0.2) is 12.4 Å². The first-order chi connectivity index (χ1) is 17.6. The van der Waals surface area contributed by atoms with Crippen LogP contribution < -0.4 is 0 Å². The first-order valence-corrected chi connectivity index (χ1v) is 15.0. The maximum Gasteiger partial charge on any atom is 0.333 e. The Bertz CT molecular complexity index is 1210. The van der Waals surface area contributed by atoms with Gasteiger partial charge in [0.05, 0.1) is 4.90 Å². The van der Waals surface area contributed by atoms with Gasteiger partial charge >= 0.3 is 5.97 Å². The van der Waals surface area contributed by atoms with Gasteiger partial charge in [0, 0.05) is 11.3 Å². The Morgan fingerprint density at radius 1 is 1.13 bits per heavy atom. The second-order valence-corrected chi connectivity index (χ2v) is 14.2. The van der Waals surface area contributed by atoms with E-state index in [1.54, 1.807) is 12.1 Å². The summed E-state index contributed by atoms with van der Waals surface area (Å²) in [6.07, 6.45) is 2.72. The largest absolute Gasteiger partial charge is 0.460 e. The van der Waals surface area contributed by atoms with E-state index in [2.05, 4.69) is 34.3 Å². The predicted molar refractivity (Wildman–Crippen MR) is 144 cm³/mol. The molecule has 1 aromatic rings. The molecule has 1 N–H and O–H groups in total. The predicted octanol–water partition coefficient (Wildman–Crippen LogP) is 4.85. The first kappa shape index (κ1) is 29.0. The van der Waals surface area contributed by atoms with E-state index in [1.165, 1.54) is 12.1 Å². The summed E-state index contributed by atoms with van der Waals surface area (Å²) in [4.78, 5) is 26.7. The molecule has 0 aromatic heterocycles. The number of aliphatic hydroxyl groups is 1. The van der Waals surface area contributed by atoms with Gasteiger partial charge in [-0.15, -0.1) is 6.58 Å². The standard InChI is InChI=1S/C30H42O7S/c1-8-28(6)16-24(37-25(32)17-36-38(34,35)22-11-9-18(2)10-12-22)29(7)19(3)13-14-30(21(5)20(28)4)15-23(31)26(33)27(29)30/h8-12,19-21,23-24,27,31H,1,13-17H2,2-7H3/t19-,20+,21+,23+,24-,27+,28-,29+,30+/m1/s1. The summed E-state index contributed by atoms with van der Waals surface area (Å²) >= 11 is 0. The summed E-state index contributed by atoms with van der Waals surface area (Å²) in [6, 6.07) is 6.19. The molecule has 0 amide bonds. The third kappa shape index (κ3) is 4.46. The van der Waals surface area contributed by atoms with Crippen LogP contribution in [0.1, 0.15) is 65.9 Å². The molecule has 0 heterocycles. The summed E-state index contributed by atoms with van der Waals surface area (Å²) in [5.74, 6) is -1.13. The van der Waals surface area contributed by atoms with E-state index >= 15 is 0 Å². The molecule has 7 nitrogen and oxygen atoms in total. The fraction of sp³-hybridized carbons (Fsp3) is 0.667. The molecule has 3 aliphatic rings. The van der Waals surface area contributed by atoms with Crippen LogP contribution in [0.25, 0.3) is 0 Å². The van der Waals surface area contributed by atoms with Crippen LogP contribution in [-0.2, 0) is 28.6 Å². The van der Waals surface area contributed by atoms with E-state index in [-0.39, 0.29) is 28.4 Å². The molecule has 1 aromatic carbocycles. The monoisotopic (exact) mass is 546 g/mol. The lowest BCUT2D eigenvalue weighted by atomic mass is 9.42. The highest BCUT2D eigenvalue weighted by Crippen LogP contribution is 2.69. The van der Waals surface area contributed by atoms with Crippen molar-refractivity contribution in [3.05, 3.63) is 42.5 Å². The summed E-state index contributed by atoms with van der Waals surface area (Å²) in [5, 5.41) is 10.8. The number of rotatable bonds is 6. The van der Waals surface area contributed by atoms with Gasteiger partial charge in [0.2, 0.25) is 0 Å². The van der Waals surface area contributed by atoms with Crippen LogP contribution in [0.4, 0.5) is 0 Å². The molecule has 4 rings (SSSR count). The summed E-state index contributed by atoms with van der Waals surface area (Å²) < 4.78 is 36.5. The molecule has 210 valence electrons. The van der Waals surface area contributed by atoms with Crippen molar-refractivity contribution in [3.63, 3.8) is 0 Å². The summed E-state index contributed by atoms with van der Waals surface area (Å²) in [7, 11) is -4.15. The first-order valence-electron chi connectivity index (χ1n) is 13.6. The van der Waals surface area contributed by atoms with Crippen LogP contribution in [0.15, 0.2) is 41.8 Å². The van der Waals surface area contributed by atoms with Gasteiger partial charge in [-0.05, 0) is 73.3 Å². The molecule has 3 fully saturated rings. The Morgan fingerprint density at radius 3 is 2.37 bits per heavy atom. The van der Waals surface area contributed by atoms with Gasteiger partial charge in [0.25, 0.3) is 10.1 Å². The number of carbonyl (C=O) groups is 2. The lowest BCUT2D eigenvalue weighted by Crippen LogP contribution is -2.61. The van der Waals surface area contributed by atoms with Gasteiger partial charge in [-0.25, -0.2) is 4.79 Å². The van der Waals surface area contributed by atoms with E-state index < -0.39 is 57.1 Å². The van der Waals surface area contributed by atoms with Crippen molar-refractivity contribution in [2.75, 3.05) is 6.61 Å². The van der Waals surface area contributed by atoms with Crippen molar-refractivity contribution in [1.29, 1.82) is 0 Å². The number of hydrogen-bond acceptors (Lipinski definition) is 7. The molecule has 0 unspecified atom stereocenters. The van der Waals surface area contributed by atoms with E-state index in [9.17, 15) is 23.1 Å². The maximum atomic E-state index is 13.6. The Hall–Kier alpha value is -2.03. The zero-order chi connectivity index (χ0) is 28.3. The minimum absolute atomic E-state index is 0.0351. The smallest absolute Gasteiger partial charge is 0.333 e. The lowest BCUT2D eigenvalue weighted by molar-refractivity contribution is -0.199. The fourth-order valence-electron chi connectivity index (χ4n) is 7.89. The Labute approximate surface area is 227 Å². The topological polar surface area (TPSA) is 107 Å². The molecule has 9 atom stereocenters. The zero-order valence-corrected chi connectivity index (χ0v) is 24.2. The molecule has 3 saturated carbocycles. The van der Waals surface area contributed by atoms with Gasteiger partial charge in [-0.1, -0.05) is 58.4 Å². The van der Waals surface area contributed by atoms with Crippen LogP contribution in [0.5, 0.6) is 0 Å². The minimum atomic E-state index is -4.15. The van der Waals surface area contributed by atoms with E-state index in [0.29, 0.717) is 12.8 Å². The number of allylic oxidation sites excluding steroid dienone is 1. The Morgan fingerprint density at radius 2 is 1.76 bits per heavy atom. The molecule has 0 radical (unpaired) electrons. The van der Waals surface area contributed by atoms with E-state index in [1.807, 2.05) is 19.9 Å². The van der Waals surface area contributed by atoms with Crippen molar-refractivity contribution in [2.24, 2.45) is 39.9 Å². The molecule has 8 heteroatoms. The van der Waals surface area contributed by atoms with Gasteiger partial charge in [0.1, 0.15) is 12.2 Å². The Balaban J connectivity index is 1.68. The van der Waals surface area contributed by atoms with Gasteiger partial charge < -0.3 is 9.84 Å². The highest BCUT2D eigenvalue weighted by atomic mass is 32.2. The van der Waals surface area contributed by atoms with Crippen LogP contribution in [0.3, 0.4) is 0 Å². The van der Waals surface area contributed by atoms with E-state index in [0.717, 1.165) is 18.4 Å². The molecular weight excluding hydrogens is 504 g/mol. The van der Waals surface area contributed by atoms with Gasteiger partial charge in [-0.3, -0.25) is 8.98 Å². The number of carbonyl (C=O) groups excluding carboxylic acids is 2. The molecule has 2 bridgehead atoms. The fourth-order valence-corrected chi connectivity index (χ4v) is 8.75. The number of aliphatic hydroxyl groups excluding tert-OH is 1. The van der Waals surface area contributed by atoms with Crippen molar-refractivity contribution in [1.82, 2.24) is 0 Å². The summed E-state index contributed by atoms with van der Waals surface area (Å²) in [5.41, 5.74) is -0.653. The molecule has 0 aliphatic heterocycles. The van der Waals surface area contributed by atoms with Crippen LogP contribution in [0, 0.1) is 46.8 Å². The number of hydrogen-bond donors (Lipinski definition) is 1. The number of Topliss-reactive ketones (excluding diaryl/α,β-unsaturated/α-hetero) is 1. The lowest BCUT2D eigenvalue weighted by Gasteiger charge is -2.62. The van der Waals surface area contributed by atoms with Crippen molar-refractivity contribution < 1.29 is 32.0 Å². The quantitative estimate of drug-likeness (QED) is 0.309. The normalized spacial score (nSPS) is 41.1. The third-order valence-corrected chi connectivity index (χ3v) is 12.2. The zero-order valence-electron chi connectivity index (χ0n) is 23.4. The van der Waals surface area contributed by atoms with Crippen LogP contribution >= 0.6 is 0 Å². The summed E-state index contributed by atoms with van der Waals surface area (Å²) in [6.45, 7) is 15.8. The van der Waals surface area contributed by atoms with Gasteiger partial charge in [-0.2, -0.15) is 8.42 Å². The van der Waals surface area contributed by atoms with Crippen LogP contribution in [0.2, 0.25) is 0 Å². The second-order valence-electron chi connectivity index (χ2n) is 12.6. The van der Waals surface area contributed by atoms with Crippen LogP contribution in [-0.4, -0.2) is 44.1 Å². The number of esters is 1.